The molecule has 0 atom stereocenters. The zero-order valence-corrected chi connectivity index (χ0v) is 7.81. The van der Waals surface area contributed by atoms with Crippen molar-refractivity contribution in [3.8, 4) is 5.95 Å². The van der Waals surface area contributed by atoms with Crippen LogP contribution in [0.3, 0.4) is 0 Å². The van der Waals surface area contributed by atoms with Crippen LogP contribution in [0.4, 0.5) is 0 Å². The molecular weight excluding hydrogens is 164 g/mol. The summed E-state index contributed by atoms with van der Waals surface area (Å²) in [5.74, 6) is 1.89. The van der Waals surface area contributed by atoms with Crippen molar-refractivity contribution in [2.24, 2.45) is 0 Å². The monoisotopic (exact) mass is 176 g/mol. The van der Waals surface area contributed by atoms with E-state index in [0.29, 0.717) is 0 Å². The summed E-state index contributed by atoms with van der Waals surface area (Å²) >= 11 is 0. The maximum Gasteiger partial charge on any atom is 0.215 e. The van der Waals surface area contributed by atoms with Crippen molar-refractivity contribution in [2.45, 2.75) is 20.4 Å². The molecule has 0 saturated carbocycles. The van der Waals surface area contributed by atoms with Crippen molar-refractivity contribution in [1.82, 2.24) is 19.1 Å². The molecule has 2 aromatic rings. The van der Waals surface area contributed by atoms with Gasteiger partial charge in [-0.15, -0.1) is 0 Å². The molecule has 0 spiro atoms. The van der Waals surface area contributed by atoms with E-state index in [1.54, 1.807) is 12.4 Å². The Morgan fingerprint density at radius 3 is 2.62 bits per heavy atom. The van der Waals surface area contributed by atoms with Crippen LogP contribution < -0.4 is 0 Å². The first-order valence-electron chi connectivity index (χ1n) is 4.34. The summed E-state index contributed by atoms with van der Waals surface area (Å²) in [5.41, 5.74) is 0. The normalized spacial score (nSPS) is 10.6. The molecule has 0 aliphatic rings. The second-order valence-corrected chi connectivity index (χ2v) is 2.86. The molecule has 0 unspecified atom stereocenters. The van der Waals surface area contributed by atoms with Crippen LogP contribution in [0, 0.1) is 6.92 Å². The van der Waals surface area contributed by atoms with E-state index in [-0.39, 0.29) is 0 Å². The summed E-state index contributed by atoms with van der Waals surface area (Å²) in [7, 11) is 0. The average Bonchev–Trinajstić information content (AvgIpc) is 2.71. The fourth-order valence-electron chi connectivity index (χ4n) is 1.36. The van der Waals surface area contributed by atoms with E-state index in [0.717, 1.165) is 18.3 Å². The van der Waals surface area contributed by atoms with Crippen molar-refractivity contribution < 1.29 is 0 Å². The van der Waals surface area contributed by atoms with Gasteiger partial charge in [-0.2, -0.15) is 0 Å². The van der Waals surface area contributed by atoms with Crippen LogP contribution in [-0.2, 0) is 6.54 Å². The first kappa shape index (κ1) is 8.04. The number of aromatic nitrogens is 4. The predicted octanol–water partition coefficient (Wildman–Crippen LogP) is 1.40. The summed E-state index contributed by atoms with van der Waals surface area (Å²) in [6.07, 6.45) is 7.47. The smallest absolute Gasteiger partial charge is 0.215 e. The lowest BCUT2D eigenvalue weighted by atomic mass is 10.6. The lowest BCUT2D eigenvalue weighted by Crippen LogP contribution is -2.05. The van der Waals surface area contributed by atoms with Crippen LogP contribution >= 0.6 is 0 Å². The van der Waals surface area contributed by atoms with Crippen molar-refractivity contribution in [2.75, 3.05) is 0 Å². The Morgan fingerprint density at radius 1 is 1.23 bits per heavy atom. The predicted molar refractivity (Wildman–Crippen MR) is 49.8 cm³/mol. The van der Waals surface area contributed by atoms with E-state index in [9.17, 15) is 0 Å². The number of aryl methyl sites for hydroxylation is 2. The van der Waals surface area contributed by atoms with Crippen LogP contribution in [-0.4, -0.2) is 19.1 Å². The average molecular weight is 176 g/mol. The van der Waals surface area contributed by atoms with E-state index in [1.165, 1.54) is 0 Å². The van der Waals surface area contributed by atoms with Gasteiger partial charge in [-0.3, -0.25) is 4.57 Å². The topological polar surface area (TPSA) is 35.6 Å². The highest BCUT2D eigenvalue weighted by molar-refractivity contribution is 5.16. The zero-order valence-electron chi connectivity index (χ0n) is 7.81. The van der Waals surface area contributed by atoms with Crippen molar-refractivity contribution in [3.05, 3.63) is 30.6 Å². The number of hydrogen-bond acceptors (Lipinski definition) is 2. The first-order chi connectivity index (χ1) is 6.33. The maximum absolute atomic E-state index is 4.28. The number of imidazole rings is 2. The molecule has 0 aliphatic heterocycles. The van der Waals surface area contributed by atoms with Gasteiger partial charge in [0, 0.05) is 31.3 Å². The molecule has 2 rings (SSSR count). The second-order valence-electron chi connectivity index (χ2n) is 2.86. The number of hydrogen-bond donors (Lipinski definition) is 0. The van der Waals surface area contributed by atoms with Crippen LogP contribution in [0.1, 0.15) is 12.7 Å². The molecule has 0 N–H and O–H groups in total. The highest BCUT2D eigenvalue weighted by Crippen LogP contribution is 2.07. The molecule has 4 heteroatoms. The Hall–Kier alpha value is -1.58. The Kier molecular flexibility index (Phi) is 1.88. The molecule has 0 radical (unpaired) electrons. The highest BCUT2D eigenvalue weighted by atomic mass is 15.2. The first-order valence-corrected chi connectivity index (χ1v) is 4.34. The summed E-state index contributed by atoms with van der Waals surface area (Å²) in [5, 5.41) is 0. The zero-order chi connectivity index (χ0) is 9.26. The molecule has 0 amide bonds. The summed E-state index contributed by atoms with van der Waals surface area (Å²) in [6.45, 7) is 4.99. The summed E-state index contributed by atoms with van der Waals surface area (Å²) < 4.78 is 4.05. The molecule has 2 heterocycles. The Bertz CT molecular complexity index is 399. The van der Waals surface area contributed by atoms with Gasteiger partial charge < -0.3 is 4.57 Å². The van der Waals surface area contributed by atoms with Gasteiger partial charge in [-0.25, -0.2) is 9.97 Å². The van der Waals surface area contributed by atoms with Gasteiger partial charge in [0.15, 0.2) is 0 Å². The van der Waals surface area contributed by atoms with Crippen molar-refractivity contribution in [3.63, 3.8) is 0 Å². The van der Waals surface area contributed by atoms with Gasteiger partial charge in [0.2, 0.25) is 5.95 Å². The van der Waals surface area contributed by atoms with Crippen LogP contribution in [0.25, 0.3) is 5.95 Å². The molecule has 68 valence electrons. The third-order valence-corrected chi connectivity index (χ3v) is 2.08. The molecule has 0 aromatic carbocycles. The van der Waals surface area contributed by atoms with E-state index in [2.05, 4.69) is 21.5 Å². The number of rotatable bonds is 2. The molecule has 0 aliphatic carbocycles. The summed E-state index contributed by atoms with van der Waals surface area (Å²) in [6, 6.07) is 0. The van der Waals surface area contributed by atoms with Crippen LogP contribution in [0.15, 0.2) is 24.8 Å². The van der Waals surface area contributed by atoms with E-state index < -0.39 is 0 Å². The summed E-state index contributed by atoms with van der Waals surface area (Å²) in [4.78, 5) is 8.43. The molecule has 2 aromatic heterocycles. The van der Waals surface area contributed by atoms with Gasteiger partial charge >= 0.3 is 0 Å². The molecule has 13 heavy (non-hydrogen) atoms. The fourth-order valence-corrected chi connectivity index (χ4v) is 1.36. The quantitative estimate of drug-likeness (QED) is 0.693. The standard InChI is InChI=1S/C9H12N4/c1-3-12-6-4-11-9(12)13-7-5-10-8(13)2/h4-7H,3H2,1-2H3. The van der Waals surface area contributed by atoms with Crippen LogP contribution in [0.5, 0.6) is 0 Å². The van der Waals surface area contributed by atoms with E-state index in [1.807, 2.05) is 23.9 Å². The Balaban J connectivity index is 2.52. The lowest BCUT2D eigenvalue weighted by Gasteiger charge is -2.05. The van der Waals surface area contributed by atoms with Crippen LogP contribution in [0.2, 0.25) is 0 Å². The molecule has 0 saturated heterocycles. The molecule has 4 nitrogen and oxygen atoms in total. The van der Waals surface area contributed by atoms with Gasteiger partial charge in [0.25, 0.3) is 0 Å². The van der Waals surface area contributed by atoms with Gasteiger partial charge in [0.05, 0.1) is 0 Å². The van der Waals surface area contributed by atoms with Gasteiger partial charge in [0.1, 0.15) is 5.82 Å². The van der Waals surface area contributed by atoms with E-state index in [4.69, 9.17) is 0 Å². The third kappa shape index (κ3) is 1.24. The molecular formula is C9H12N4. The minimum atomic E-state index is 0.924. The minimum Gasteiger partial charge on any atom is -0.317 e. The Labute approximate surface area is 76.9 Å². The molecule has 0 fully saturated rings. The lowest BCUT2D eigenvalue weighted by molar-refractivity contribution is 0.711. The Morgan fingerprint density at radius 2 is 2.00 bits per heavy atom. The SMILES string of the molecule is CCn1ccnc1-n1ccnc1C. The maximum atomic E-state index is 4.28. The van der Waals surface area contributed by atoms with Gasteiger partial charge in [-0.1, -0.05) is 0 Å². The third-order valence-electron chi connectivity index (χ3n) is 2.08. The highest BCUT2D eigenvalue weighted by Gasteiger charge is 2.05. The van der Waals surface area contributed by atoms with Gasteiger partial charge in [-0.05, 0) is 13.8 Å². The minimum absolute atomic E-state index is 0.924. The van der Waals surface area contributed by atoms with Crippen molar-refractivity contribution >= 4 is 0 Å². The van der Waals surface area contributed by atoms with Crippen molar-refractivity contribution in [1.29, 1.82) is 0 Å². The van der Waals surface area contributed by atoms with E-state index >= 15 is 0 Å². The molecule has 0 bridgehead atoms. The number of nitrogens with zero attached hydrogens (tertiary/aromatic N) is 4. The fraction of sp³-hybridized carbons (Fsp3) is 0.333. The largest absolute Gasteiger partial charge is 0.317 e. The second kappa shape index (κ2) is 3.05.